The average molecular weight is 426 g/mol. The number of rotatable bonds is 3. The quantitative estimate of drug-likeness (QED) is 0.494. The van der Waals surface area contributed by atoms with Crippen molar-refractivity contribution in [3.05, 3.63) is 46.8 Å². The third kappa shape index (κ3) is 3.40. The van der Waals surface area contributed by atoms with Gasteiger partial charge in [0.1, 0.15) is 21.0 Å². The number of fused-ring (bicyclic) bond motifs is 1. The number of hydrogen-bond acceptors (Lipinski definition) is 8. The van der Waals surface area contributed by atoms with Crippen molar-refractivity contribution >= 4 is 44.1 Å². The number of pyridine rings is 1. The van der Waals surface area contributed by atoms with E-state index in [9.17, 15) is 4.79 Å². The average Bonchev–Trinajstić information content (AvgIpc) is 3.45. The molecule has 29 heavy (non-hydrogen) atoms. The first-order chi connectivity index (χ1) is 14.1. The van der Waals surface area contributed by atoms with Gasteiger partial charge in [-0.15, -0.1) is 11.3 Å². The SMILES string of the molecule is Cc1ccc(-c2nc(C)c(C(=O)N3CCN(c4nc5cccnc5s4)CC3)s2)o1. The van der Waals surface area contributed by atoms with E-state index >= 15 is 0 Å². The van der Waals surface area contributed by atoms with E-state index in [0.29, 0.717) is 23.7 Å². The van der Waals surface area contributed by atoms with E-state index in [4.69, 9.17) is 4.42 Å². The van der Waals surface area contributed by atoms with Crippen molar-refractivity contribution in [2.45, 2.75) is 13.8 Å². The van der Waals surface area contributed by atoms with E-state index in [-0.39, 0.29) is 5.91 Å². The molecule has 4 aromatic rings. The van der Waals surface area contributed by atoms with Gasteiger partial charge in [-0.25, -0.2) is 15.0 Å². The van der Waals surface area contributed by atoms with Gasteiger partial charge in [-0.2, -0.15) is 0 Å². The molecule has 1 fully saturated rings. The highest BCUT2D eigenvalue weighted by molar-refractivity contribution is 7.21. The maximum atomic E-state index is 13.1. The molecule has 5 heterocycles. The van der Waals surface area contributed by atoms with Crippen molar-refractivity contribution in [3.63, 3.8) is 0 Å². The molecule has 1 saturated heterocycles. The summed E-state index contributed by atoms with van der Waals surface area (Å²) >= 11 is 3.00. The first kappa shape index (κ1) is 18.3. The Balaban J connectivity index is 1.29. The molecule has 0 saturated carbocycles. The molecule has 0 radical (unpaired) electrons. The number of piperazine rings is 1. The summed E-state index contributed by atoms with van der Waals surface area (Å²) in [5, 5.41) is 1.72. The topological polar surface area (TPSA) is 75.4 Å². The van der Waals surface area contributed by atoms with Crippen LogP contribution in [0.3, 0.4) is 0 Å². The fraction of sp³-hybridized carbons (Fsp3) is 0.300. The Bertz CT molecular complexity index is 1150. The molecular weight excluding hydrogens is 406 g/mol. The van der Waals surface area contributed by atoms with Gasteiger partial charge in [0.05, 0.1) is 5.69 Å². The summed E-state index contributed by atoms with van der Waals surface area (Å²) in [5.74, 6) is 1.59. The Morgan fingerprint density at radius 2 is 1.90 bits per heavy atom. The van der Waals surface area contributed by atoms with Crippen LogP contribution in [0.15, 0.2) is 34.9 Å². The van der Waals surface area contributed by atoms with Gasteiger partial charge >= 0.3 is 0 Å². The maximum absolute atomic E-state index is 13.1. The van der Waals surface area contributed by atoms with Gasteiger partial charge in [-0.3, -0.25) is 4.79 Å². The molecule has 0 aromatic carbocycles. The fourth-order valence-corrected chi connectivity index (χ4v) is 5.34. The molecule has 0 atom stereocenters. The smallest absolute Gasteiger partial charge is 0.265 e. The van der Waals surface area contributed by atoms with Crippen molar-refractivity contribution in [3.8, 4) is 10.8 Å². The van der Waals surface area contributed by atoms with Crippen molar-refractivity contribution in [2.75, 3.05) is 31.1 Å². The molecule has 0 bridgehead atoms. The largest absolute Gasteiger partial charge is 0.459 e. The highest BCUT2D eigenvalue weighted by atomic mass is 32.1. The summed E-state index contributed by atoms with van der Waals surface area (Å²) in [7, 11) is 0. The van der Waals surface area contributed by atoms with E-state index in [2.05, 4.69) is 19.9 Å². The second kappa shape index (κ2) is 7.23. The molecule has 0 N–H and O–H groups in total. The second-order valence-electron chi connectivity index (χ2n) is 6.95. The number of hydrogen-bond donors (Lipinski definition) is 0. The summed E-state index contributed by atoms with van der Waals surface area (Å²) in [4.78, 5) is 32.4. The Morgan fingerprint density at radius 3 is 2.62 bits per heavy atom. The van der Waals surface area contributed by atoms with Crippen LogP contribution < -0.4 is 4.90 Å². The van der Waals surface area contributed by atoms with E-state index in [1.807, 2.05) is 43.0 Å². The summed E-state index contributed by atoms with van der Waals surface area (Å²) in [6, 6.07) is 7.68. The second-order valence-corrected chi connectivity index (χ2v) is 8.90. The predicted octanol–water partition coefficient (Wildman–Crippen LogP) is 3.99. The molecule has 0 spiro atoms. The van der Waals surface area contributed by atoms with Crippen LogP contribution in [0.5, 0.6) is 0 Å². The molecule has 148 valence electrons. The Kier molecular flexibility index (Phi) is 4.56. The van der Waals surface area contributed by atoms with Crippen molar-refractivity contribution in [1.29, 1.82) is 0 Å². The molecule has 7 nitrogen and oxygen atoms in total. The minimum atomic E-state index is 0.0418. The van der Waals surface area contributed by atoms with Crippen LogP contribution in [0.25, 0.3) is 21.1 Å². The van der Waals surface area contributed by atoms with Crippen LogP contribution in [0.2, 0.25) is 0 Å². The van der Waals surface area contributed by atoms with Gasteiger partial charge in [0.15, 0.2) is 15.9 Å². The van der Waals surface area contributed by atoms with Gasteiger partial charge in [-0.1, -0.05) is 11.3 Å². The van der Waals surface area contributed by atoms with Crippen LogP contribution >= 0.6 is 22.7 Å². The third-order valence-corrected chi connectivity index (χ3v) is 7.13. The molecule has 1 amide bonds. The molecule has 0 unspecified atom stereocenters. The minimum absolute atomic E-state index is 0.0418. The van der Waals surface area contributed by atoms with E-state index in [0.717, 1.165) is 45.0 Å². The van der Waals surface area contributed by atoms with Crippen molar-refractivity contribution < 1.29 is 9.21 Å². The number of carbonyl (C=O) groups is 1. The van der Waals surface area contributed by atoms with Crippen LogP contribution in [0.1, 0.15) is 21.1 Å². The number of amides is 1. The Morgan fingerprint density at radius 1 is 1.07 bits per heavy atom. The van der Waals surface area contributed by atoms with Crippen molar-refractivity contribution in [2.24, 2.45) is 0 Å². The van der Waals surface area contributed by atoms with Crippen LogP contribution in [0.4, 0.5) is 5.13 Å². The first-order valence-corrected chi connectivity index (χ1v) is 11.0. The first-order valence-electron chi connectivity index (χ1n) is 9.38. The maximum Gasteiger partial charge on any atom is 0.265 e. The lowest BCUT2D eigenvalue weighted by Gasteiger charge is -2.34. The zero-order chi connectivity index (χ0) is 20.0. The van der Waals surface area contributed by atoms with Gasteiger partial charge in [-0.05, 0) is 38.1 Å². The summed E-state index contributed by atoms with van der Waals surface area (Å²) in [6.07, 6.45) is 1.79. The molecular formula is C20H19N5O2S2. The standard InChI is InChI=1S/C20H19N5O2S2/c1-12-5-6-15(27-12)18-22-13(2)16(28-18)19(26)24-8-10-25(11-9-24)20-23-14-4-3-7-21-17(14)29-20/h3-7H,8-11H2,1-2H3. The highest BCUT2D eigenvalue weighted by Gasteiger charge is 2.27. The molecule has 5 rings (SSSR count). The fourth-order valence-electron chi connectivity index (χ4n) is 3.39. The lowest BCUT2D eigenvalue weighted by atomic mass is 10.3. The summed E-state index contributed by atoms with van der Waals surface area (Å²) in [6.45, 7) is 6.62. The predicted molar refractivity (Wildman–Crippen MR) is 115 cm³/mol. The number of nitrogens with zero attached hydrogens (tertiary/aromatic N) is 5. The van der Waals surface area contributed by atoms with Crippen molar-refractivity contribution in [1.82, 2.24) is 19.9 Å². The highest BCUT2D eigenvalue weighted by Crippen LogP contribution is 2.31. The van der Waals surface area contributed by atoms with Crippen LogP contribution in [-0.2, 0) is 0 Å². The van der Waals surface area contributed by atoms with Crippen LogP contribution in [-0.4, -0.2) is 51.9 Å². The lowest BCUT2D eigenvalue weighted by Crippen LogP contribution is -2.48. The van der Waals surface area contributed by atoms with E-state index in [1.165, 1.54) is 11.3 Å². The third-order valence-electron chi connectivity index (χ3n) is 4.93. The molecule has 1 aliphatic heterocycles. The number of anilines is 1. The summed E-state index contributed by atoms with van der Waals surface area (Å²) in [5.41, 5.74) is 1.68. The molecule has 9 heteroatoms. The number of thiazole rings is 2. The normalized spacial score (nSPS) is 14.7. The number of aryl methyl sites for hydroxylation is 2. The van der Waals surface area contributed by atoms with Gasteiger partial charge in [0, 0.05) is 32.4 Å². The molecule has 4 aromatic heterocycles. The summed E-state index contributed by atoms with van der Waals surface area (Å²) < 4.78 is 5.66. The Labute approximate surface area is 175 Å². The van der Waals surface area contributed by atoms with E-state index in [1.54, 1.807) is 17.5 Å². The molecule has 0 aliphatic carbocycles. The minimum Gasteiger partial charge on any atom is -0.459 e. The number of furan rings is 1. The zero-order valence-corrected chi connectivity index (χ0v) is 17.7. The monoisotopic (exact) mass is 425 g/mol. The van der Waals surface area contributed by atoms with Gasteiger partial charge in [0.25, 0.3) is 5.91 Å². The van der Waals surface area contributed by atoms with Crippen LogP contribution in [0, 0.1) is 13.8 Å². The lowest BCUT2D eigenvalue weighted by molar-refractivity contribution is 0.0750. The van der Waals surface area contributed by atoms with Gasteiger partial charge < -0.3 is 14.2 Å². The molecule has 1 aliphatic rings. The number of aromatic nitrogens is 3. The van der Waals surface area contributed by atoms with Gasteiger partial charge in [0.2, 0.25) is 0 Å². The zero-order valence-electron chi connectivity index (χ0n) is 16.1. The van der Waals surface area contributed by atoms with E-state index < -0.39 is 0 Å². The number of carbonyl (C=O) groups excluding carboxylic acids is 1. The Hall–Kier alpha value is -2.78.